The molecule has 0 amide bonds. The van der Waals surface area contributed by atoms with Gasteiger partial charge in [-0.3, -0.25) is 0 Å². The standard InChI is InChI=1S/C23H25NO2/c1-18-6-5-7-20(14-18)17-26-22-12-10-19(11-13-22)15-24-16-23(25)21-8-3-2-4-9-21/h2-14,23-25H,15-17H2,1H3. The van der Waals surface area contributed by atoms with Gasteiger partial charge in [0.1, 0.15) is 12.4 Å². The van der Waals surface area contributed by atoms with E-state index in [9.17, 15) is 5.11 Å². The molecular formula is C23H25NO2. The molecule has 0 heterocycles. The Hall–Kier alpha value is -2.62. The number of nitrogens with one attached hydrogen (secondary N) is 1. The number of hydrogen-bond acceptors (Lipinski definition) is 3. The SMILES string of the molecule is Cc1cccc(COc2ccc(CNCC(O)c3ccccc3)cc2)c1. The number of hydrogen-bond donors (Lipinski definition) is 2. The molecule has 0 aliphatic carbocycles. The number of aryl methyl sites for hydroxylation is 1. The van der Waals surface area contributed by atoms with Crippen molar-refractivity contribution in [3.8, 4) is 5.75 Å². The molecule has 3 rings (SSSR count). The minimum atomic E-state index is -0.492. The number of aliphatic hydroxyl groups is 1. The summed E-state index contributed by atoms with van der Waals surface area (Å²) >= 11 is 0. The number of benzene rings is 3. The Morgan fingerprint density at radius 3 is 2.38 bits per heavy atom. The smallest absolute Gasteiger partial charge is 0.119 e. The average Bonchev–Trinajstić information content (AvgIpc) is 2.68. The third kappa shape index (κ3) is 5.45. The van der Waals surface area contributed by atoms with E-state index in [1.807, 2.05) is 60.7 Å². The normalized spacial score (nSPS) is 11.9. The molecule has 3 aromatic carbocycles. The Balaban J connectivity index is 1.44. The Kier molecular flexibility index (Phi) is 6.42. The number of ether oxygens (including phenoxy) is 1. The monoisotopic (exact) mass is 347 g/mol. The summed E-state index contributed by atoms with van der Waals surface area (Å²) in [5.41, 5.74) is 4.50. The van der Waals surface area contributed by atoms with Crippen LogP contribution < -0.4 is 10.1 Å². The van der Waals surface area contributed by atoms with Crippen LogP contribution in [-0.2, 0) is 13.2 Å². The summed E-state index contributed by atoms with van der Waals surface area (Å²) in [5, 5.41) is 13.5. The molecule has 0 saturated heterocycles. The fraction of sp³-hybridized carbons (Fsp3) is 0.217. The van der Waals surface area contributed by atoms with Crippen LogP contribution in [0.1, 0.15) is 28.4 Å². The van der Waals surface area contributed by atoms with E-state index in [2.05, 4.69) is 30.4 Å². The molecule has 1 unspecified atom stereocenters. The maximum absolute atomic E-state index is 10.2. The summed E-state index contributed by atoms with van der Waals surface area (Å²) in [4.78, 5) is 0. The van der Waals surface area contributed by atoms with Crippen LogP contribution in [0.5, 0.6) is 5.75 Å². The van der Waals surface area contributed by atoms with Crippen LogP contribution in [0.2, 0.25) is 0 Å². The summed E-state index contributed by atoms with van der Waals surface area (Å²) in [6.45, 7) is 3.89. The minimum absolute atomic E-state index is 0.492. The molecule has 3 nitrogen and oxygen atoms in total. The van der Waals surface area contributed by atoms with Gasteiger partial charge in [0.2, 0.25) is 0 Å². The lowest BCUT2D eigenvalue weighted by molar-refractivity contribution is 0.174. The quantitative estimate of drug-likeness (QED) is 0.635. The summed E-state index contributed by atoms with van der Waals surface area (Å²) in [7, 11) is 0. The highest BCUT2D eigenvalue weighted by Crippen LogP contribution is 2.15. The highest BCUT2D eigenvalue weighted by atomic mass is 16.5. The van der Waals surface area contributed by atoms with Gasteiger partial charge in [-0.1, -0.05) is 72.3 Å². The van der Waals surface area contributed by atoms with E-state index in [0.717, 1.165) is 16.9 Å². The molecule has 0 bridgehead atoms. The van der Waals surface area contributed by atoms with Crippen LogP contribution in [0.15, 0.2) is 78.9 Å². The largest absolute Gasteiger partial charge is 0.489 e. The van der Waals surface area contributed by atoms with E-state index in [0.29, 0.717) is 19.7 Å². The molecule has 3 heteroatoms. The first-order valence-corrected chi connectivity index (χ1v) is 8.92. The molecule has 0 aromatic heterocycles. The topological polar surface area (TPSA) is 41.5 Å². The predicted molar refractivity (Wildman–Crippen MR) is 105 cm³/mol. The van der Waals surface area contributed by atoms with Gasteiger partial charge < -0.3 is 15.2 Å². The summed E-state index contributed by atoms with van der Waals surface area (Å²) in [5.74, 6) is 0.861. The van der Waals surface area contributed by atoms with Gasteiger partial charge in [-0.25, -0.2) is 0 Å². The third-order valence-electron chi connectivity index (χ3n) is 4.26. The predicted octanol–water partition coefficient (Wildman–Crippen LogP) is 4.40. The molecular weight excluding hydrogens is 322 g/mol. The highest BCUT2D eigenvalue weighted by Gasteiger charge is 2.06. The molecule has 0 fully saturated rings. The van der Waals surface area contributed by atoms with Crippen molar-refractivity contribution in [2.45, 2.75) is 26.2 Å². The van der Waals surface area contributed by atoms with Gasteiger partial charge in [0.05, 0.1) is 6.10 Å². The van der Waals surface area contributed by atoms with Crippen LogP contribution in [0.4, 0.5) is 0 Å². The van der Waals surface area contributed by atoms with Gasteiger partial charge >= 0.3 is 0 Å². The van der Waals surface area contributed by atoms with Gasteiger partial charge in [0.25, 0.3) is 0 Å². The molecule has 0 saturated carbocycles. The lowest BCUT2D eigenvalue weighted by atomic mass is 10.1. The zero-order valence-corrected chi connectivity index (χ0v) is 15.1. The lowest BCUT2D eigenvalue weighted by Gasteiger charge is -2.12. The minimum Gasteiger partial charge on any atom is -0.489 e. The van der Waals surface area contributed by atoms with Gasteiger partial charge in [-0.15, -0.1) is 0 Å². The van der Waals surface area contributed by atoms with Crippen molar-refractivity contribution < 1.29 is 9.84 Å². The molecule has 134 valence electrons. The second-order valence-electron chi connectivity index (χ2n) is 6.48. The summed E-state index contributed by atoms with van der Waals surface area (Å²) < 4.78 is 5.84. The lowest BCUT2D eigenvalue weighted by Crippen LogP contribution is -2.20. The first-order chi connectivity index (χ1) is 12.7. The van der Waals surface area contributed by atoms with Crippen molar-refractivity contribution in [1.29, 1.82) is 0 Å². The molecule has 0 spiro atoms. The van der Waals surface area contributed by atoms with Crippen LogP contribution in [0, 0.1) is 6.92 Å². The molecule has 0 aliphatic rings. The van der Waals surface area contributed by atoms with Crippen LogP contribution in [-0.4, -0.2) is 11.7 Å². The fourth-order valence-corrected chi connectivity index (χ4v) is 2.82. The van der Waals surface area contributed by atoms with Gasteiger partial charge in [-0.05, 0) is 35.7 Å². The van der Waals surface area contributed by atoms with Crippen molar-refractivity contribution in [2.24, 2.45) is 0 Å². The number of aliphatic hydroxyl groups excluding tert-OH is 1. The summed E-state index contributed by atoms with van der Waals surface area (Å²) in [6.07, 6.45) is -0.492. The van der Waals surface area contributed by atoms with Gasteiger partial charge in [0, 0.05) is 13.1 Å². The van der Waals surface area contributed by atoms with E-state index < -0.39 is 6.10 Å². The van der Waals surface area contributed by atoms with E-state index in [1.165, 1.54) is 11.1 Å². The Labute approximate surface area is 155 Å². The zero-order chi connectivity index (χ0) is 18.2. The molecule has 2 N–H and O–H groups in total. The molecule has 26 heavy (non-hydrogen) atoms. The maximum atomic E-state index is 10.2. The Bertz CT molecular complexity index is 800. The van der Waals surface area contributed by atoms with Gasteiger partial charge in [-0.2, -0.15) is 0 Å². The second kappa shape index (κ2) is 9.18. The van der Waals surface area contributed by atoms with E-state index in [-0.39, 0.29) is 0 Å². The Morgan fingerprint density at radius 1 is 0.885 bits per heavy atom. The van der Waals surface area contributed by atoms with Crippen molar-refractivity contribution in [3.63, 3.8) is 0 Å². The first-order valence-electron chi connectivity index (χ1n) is 8.92. The number of rotatable bonds is 8. The van der Waals surface area contributed by atoms with Crippen LogP contribution >= 0.6 is 0 Å². The maximum Gasteiger partial charge on any atom is 0.119 e. The average molecular weight is 347 g/mol. The second-order valence-corrected chi connectivity index (χ2v) is 6.48. The summed E-state index contributed by atoms with van der Waals surface area (Å²) in [6, 6.07) is 26.1. The molecule has 3 aromatic rings. The van der Waals surface area contributed by atoms with Crippen molar-refractivity contribution >= 4 is 0 Å². The van der Waals surface area contributed by atoms with Crippen LogP contribution in [0.3, 0.4) is 0 Å². The van der Waals surface area contributed by atoms with Gasteiger partial charge in [0.15, 0.2) is 0 Å². The molecule has 0 radical (unpaired) electrons. The fourth-order valence-electron chi connectivity index (χ4n) is 2.82. The van der Waals surface area contributed by atoms with Crippen molar-refractivity contribution in [1.82, 2.24) is 5.32 Å². The van der Waals surface area contributed by atoms with E-state index in [1.54, 1.807) is 0 Å². The van der Waals surface area contributed by atoms with E-state index in [4.69, 9.17) is 4.74 Å². The Morgan fingerprint density at radius 2 is 1.65 bits per heavy atom. The molecule has 0 aliphatic heterocycles. The van der Waals surface area contributed by atoms with Crippen LogP contribution in [0.25, 0.3) is 0 Å². The highest BCUT2D eigenvalue weighted by molar-refractivity contribution is 5.28. The van der Waals surface area contributed by atoms with Crippen molar-refractivity contribution in [3.05, 3.63) is 101 Å². The first kappa shape index (κ1) is 18.2. The zero-order valence-electron chi connectivity index (χ0n) is 15.1. The molecule has 1 atom stereocenters. The third-order valence-corrected chi connectivity index (χ3v) is 4.26. The van der Waals surface area contributed by atoms with Crippen molar-refractivity contribution in [2.75, 3.05) is 6.54 Å². The van der Waals surface area contributed by atoms with E-state index >= 15 is 0 Å².